The van der Waals surface area contributed by atoms with E-state index in [0.717, 1.165) is 29.1 Å². The minimum atomic E-state index is -0.973. The summed E-state index contributed by atoms with van der Waals surface area (Å²) < 4.78 is 0. The summed E-state index contributed by atoms with van der Waals surface area (Å²) in [6.07, 6.45) is 2.92. The maximum absolute atomic E-state index is 11.8. The van der Waals surface area contributed by atoms with E-state index in [9.17, 15) is 5.11 Å². The summed E-state index contributed by atoms with van der Waals surface area (Å²) in [6.45, 7) is 6.64. The van der Waals surface area contributed by atoms with Crippen LogP contribution in [0.5, 0.6) is 0 Å². The Balaban J connectivity index is 1.68. The van der Waals surface area contributed by atoms with Crippen molar-refractivity contribution in [1.82, 2.24) is 9.97 Å². The van der Waals surface area contributed by atoms with Crippen molar-refractivity contribution in [2.45, 2.75) is 44.6 Å². The standard InChI is InChI=1S/C25H26N2O/c1-24(2)18-15-19(24)22(25(3,28)16-9-5-4-6-10-16)23-17(18)12-13-21(27-23)20-11-7-8-14-26-20/h4-14,18-19,22,28H,15H2,1-3H3/t18-,19+,22-,25-/m0/s1. The molecule has 1 fully saturated rings. The Bertz CT molecular complexity index is 1010. The highest BCUT2D eigenvalue weighted by Crippen LogP contribution is 2.69. The van der Waals surface area contributed by atoms with E-state index in [1.165, 1.54) is 5.56 Å². The van der Waals surface area contributed by atoms with Crippen LogP contribution in [0.25, 0.3) is 11.4 Å². The van der Waals surface area contributed by atoms with E-state index in [1.54, 1.807) is 6.20 Å². The Labute approximate surface area is 166 Å². The lowest BCUT2D eigenvalue weighted by atomic mass is 9.42. The van der Waals surface area contributed by atoms with Gasteiger partial charge >= 0.3 is 0 Å². The van der Waals surface area contributed by atoms with Crippen LogP contribution in [-0.2, 0) is 5.60 Å². The Hall–Kier alpha value is -2.52. The van der Waals surface area contributed by atoms with Crippen molar-refractivity contribution in [3.8, 4) is 11.4 Å². The zero-order valence-electron chi connectivity index (χ0n) is 16.6. The van der Waals surface area contributed by atoms with Crippen molar-refractivity contribution in [3.05, 3.63) is 83.7 Å². The largest absolute Gasteiger partial charge is 0.385 e. The van der Waals surface area contributed by atoms with Crippen LogP contribution in [0.1, 0.15) is 55.8 Å². The van der Waals surface area contributed by atoms with Crippen LogP contribution in [0.15, 0.2) is 66.9 Å². The van der Waals surface area contributed by atoms with Gasteiger partial charge in [-0.15, -0.1) is 0 Å². The molecule has 0 spiro atoms. The third kappa shape index (κ3) is 2.39. The van der Waals surface area contributed by atoms with Crippen molar-refractivity contribution >= 4 is 0 Å². The molecule has 3 aliphatic carbocycles. The molecule has 28 heavy (non-hydrogen) atoms. The van der Waals surface area contributed by atoms with Crippen LogP contribution in [0, 0.1) is 11.3 Å². The summed E-state index contributed by atoms with van der Waals surface area (Å²) in [7, 11) is 0. The van der Waals surface area contributed by atoms with Gasteiger partial charge < -0.3 is 5.11 Å². The SMILES string of the molecule is CC1(C)[C@@H]2C[C@H]1c1ccc(-c3ccccn3)nc1[C@H]2[C@@](C)(O)c1ccccc1. The van der Waals surface area contributed by atoms with Gasteiger partial charge in [-0.05, 0) is 59.9 Å². The Morgan fingerprint density at radius 2 is 1.71 bits per heavy atom. The number of nitrogens with zero attached hydrogens (tertiary/aromatic N) is 2. The van der Waals surface area contributed by atoms with Crippen molar-refractivity contribution in [2.75, 3.05) is 0 Å². The lowest BCUT2D eigenvalue weighted by Crippen LogP contribution is -2.55. The number of aromatic nitrogens is 2. The van der Waals surface area contributed by atoms with Gasteiger partial charge in [-0.1, -0.05) is 56.3 Å². The van der Waals surface area contributed by atoms with Crippen molar-refractivity contribution in [3.63, 3.8) is 0 Å². The minimum absolute atomic E-state index is 0.0337. The van der Waals surface area contributed by atoms with Crippen LogP contribution in [-0.4, -0.2) is 15.1 Å². The summed E-state index contributed by atoms with van der Waals surface area (Å²) in [5.74, 6) is 0.890. The lowest BCUT2D eigenvalue weighted by Gasteiger charge is -2.62. The van der Waals surface area contributed by atoms with Gasteiger partial charge in [0, 0.05) is 12.1 Å². The molecule has 0 unspecified atom stereocenters. The molecule has 2 bridgehead atoms. The maximum Gasteiger partial charge on any atom is 0.0954 e. The van der Waals surface area contributed by atoms with Crippen LogP contribution in [0.4, 0.5) is 0 Å². The third-order valence-electron chi connectivity index (χ3n) is 7.26. The molecule has 1 aromatic carbocycles. The predicted molar refractivity (Wildman–Crippen MR) is 111 cm³/mol. The topological polar surface area (TPSA) is 46.0 Å². The number of rotatable bonds is 3. The molecule has 2 aromatic heterocycles. The second-order valence-corrected chi connectivity index (χ2v) is 9.09. The lowest BCUT2D eigenvalue weighted by molar-refractivity contribution is -0.0906. The molecular formula is C25H26N2O. The number of benzene rings is 1. The third-order valence-corrected chi connectivity index (χ3v) is 7.26. The second-order valence-electron chi connectivity index (χ2n) is 9.09. The van der Waals surface area contributed by atoms with E-state index >= 15 is 0 Å². The highest BCUT2D eigenvalue weighted by atomic mass is 16.3. The molecule has 6 rings (SSSR count). The zero-order chi connectivity index (χ0) is 19.5. The van der Waals surface area contributed by atoms with E-state index in [0.29, 0.717) is 11.8 Å². The summed E-state index contributed by atoms with van der Waals surface area (Å²) in [4.78, 5) is 9.56. The van der Waals surface area contributed by atoms with Gasteiger partial charge in [-0.3, -0.25) is 9.97 Å². The zero-order valence-corrected chi connectivity index (χ0v) is 16.6. The van der Waals surface area contributed by atoms with E-state index in [2.05, 4.69) is 31.0 Å². The Kier molecular flexibility index (Phi) is 3.76. The summed E-state index contributed by atoms with van der Waals surface area (Å²) in [5, 5.41) is 11.8. The molecule has 3 aromatic rings. The number of pyridine rings is 2. The van der Waals surface area contributed by atoms with Gasteiger partial charge in [-0.2, -0.15) is 0 Å². The van der Waals surface area contributed by atoms with E-state index < -0.39 is 5.60 Å². The number of hydrogen-bond acceptors (Lipinski definition) is 3. The molecule has 3 heteroatoms. The van der Waals surface area contributed by atoms with Crippen LogP contribution in [0.3, 0.4) is 0 Å². The first kappa shape index (κ1) is 17.6. The fourth-order valence-corrected chi connectivity index (χ4v) is 5.54. The predicted octanol–water partition coefficient (Wildman–Crippen LogP) is 5.28. The first-order valence-corrected chi connectivity index (χ1v) is 10.1. The molecule has 4 atom stereocenters. The van der Waals surface area contributed by atoms with Crippen molar-refractivity contribution in [1.29, 1.82) is 0 Å². The molecule has 0 radical (unpaired) electrons. The maximum atomic E-state index is 11.8. The van der Waals surface area contributed by atoms with E-state index in [1.807, 2.05) is 55.5 Å². The molecule has 3 nitrogen and oxygen atoms in total. The molecule has 0 amide bonds. The average Bonchev–Trinajstić information content (AvgIpc) is 2.73. The van der Waals surface area contributed by atoms with Gasteiger partial charge in [0.05, 0.1) is 22.7 Å². The molecule has 3 aliphatic rings. The second kappa shape index (κ2) is 5.99. The highest BCUT2D eigenvalue weighted by molar-refractivity contribution is 5.57. The molecule has 0 aliphatic heterocycles. The van der Waals surface area contributed by atoms with E-state index in [4.69, 9.17) is 4.98 Å². The summed E-state index contributed by atoms with van der Waals surface area (Å²) in [5.41, 5.74) is 4.27. The van der Waals surface area contributed by atoms with Crippen LogP contribution >= 0.6 is 0 Å². The van der Waals surface area contributed by atoms with Crippen LogP contribution in [0.2, 0.25) is 0 Å². The average molecular weight is 370 g/mol. The minimum Gasteiger partial charge on any atom is -0.385 e. The van der Waals surface area contributed by atoms with Crippen molar-refractivity contribution < 1.29 is 5.11 Å². The normalized spacial score (nSPS) is 26.6. The fourth-order valence-electron chi connectivity index (χ4n) is 5.54. The molecular weight excluding hydrogens is 344 g/mol. The molecule has 1 saturated carbocycles. The molecule has 142 valence electrons. The summed E-state index contributed by atoms with van der Waals surface area (Å²) in [6, 6.07) is 20.3. The Morgan fingerprint density at radius 3 is 2.39 bits per heavy atom. The molecule has 2 heterocycles. The first-order valence-electron chi connectivity index (χ1n) is 10.1. The van der Waals surface area contributed by atoms with Crippen molar-refractivity contribution in [2.24, 2.45) is 11.3 Å². The monoisotopic (exact) mass is 370 g/mol. The van der Waals surface area contributed by atoms with Gasteiger partial charge in [0.25, 0.3) is 0 Å². The van der Waals surface area contributed by atoms with Crippen LogP contribution < -0.4 is 0 Å². The molecule has 1 N–H and O–H groups in total. The van der Waals surface area contributed by atoms with Gasteiger partial charge in [0.1, 0.15) is 0 Å². The fraction of sp³-hybridized carbons (Fsp3) is 0.360. The van der Waals surface area contributed by atoms with Gasteiger partial charge in [0.2, 0.25) is 0 Å². The quantitative estimate of drug-likeness (QED) is 0.682. The first-order chi connectivity index (χ1) is 13.4. The van der Waals surface area contributed by atoms with Gasteiger partial charge in [0.15, 0.2) is 0 Å². The van der Waals surface area contributed by atoms with E-state index in [-0.39, 0.29) is 11.3 Å². The Morgan fingerprint density at radius 1 is 0.964 bits per heavy atom. The molecule has 0 saturated heterocycles. The smallest absolute Gasteiger partial charge is 0.0954 e. The van der Waals surface area contributed by atoms with Gasteiger partial charge in [-0.25, -0.2) is 0 Å². The number of aliphatic hydroxyl groups is 1. The highest BCUT2D eigenvalue weighted by Gasteiger charge is 2.61. The number of hydrogen-bond donors (Lipinski definition) is 1. The summed E-state index contributed by atoms with van der Waals surface area (Å²) >= 11 is 0.